The molecule has 0 aromatic carbocycles. The molecule has 2 aromatic heterocycles. The number of pyridine rings is 2. The molecule has 2 heterocycles. The molecule has 112 valence electrons. The Morgan fingerprint density at radius 3 is 2.38 bits per heavy atom. The van der Waals surface area contributed by atoms with Crippen LogP contribution in [0.3, 0.4) is 0 Å². The minimum absolute atomic E-state index is 0.0507. The Balaban J connectivity index is 2.33. The van der Waals surface area contributed by atoms with Crippen molar-refractivity contribution < 1.29 is 8.42 Å². The molecule has 0 fully saturated rings. The highest BCUT2D eigenvalue weighted by Crippen LogP contribution is 2.24. The predicted octanol–water partition coefficient (Wildman–Crippen LogP) is 2.81. The van der Waals surface area contributed by atoms with Crippen LogP contribution in [-0.4, -0.2) is 18.4 Å². The van der Waals surface area contributed by atoms with Crippen molar-refractivity contribution in [3.8, 4) is 0 Å². The van der Waals surface area contributed by atoms with Gasteiger partial charge in [-0.2, -0.15) is 0 Å². The fourth-order valence-electron chi connectivity index (χ4n) is 1.93. The summed E-state index contributed by atoms with van der Waals surface area (Å²) in [5.41, 5.74) is 0.860. The molecule has 0 aliphatic heterocycles. The van der Waals surface area contributed by atoms with Crippen molar-refractivity contribution in [3.63, 3.8) is 0 Å². The van der Waals surface area contributed by atoms with Crippen LogP contribution in [0.4, 0.5) is 0 Å². The second kappa shape index (κ2) is 6.51. The van der Waals surface area contributed by atoms with Crippen LogP contribution in [0.5, 0.6) is 0 Å². The number of hydrogen-bond donors (Lipinski definition) is 1. The lowest BCUT2D eigenvalue weighted by atomic mass is 9.98. The molecular formula is C14H16ClN3O2S. The summed E-state index contributed by atoms with van der Waals surface area (Å²) < 4.78 is 27.6. The lowest BCUT2D eigenvalue weighted by molar-refractivity contribution is 0.462. The van der Waals surface area contributed by atoms with Crippen LogP contribution in [0.25, 0.3) is 0 Å². The van der Waals surface area contributed by atoms with Crippen molar-refractivity contribution in [2.45, 2.75) is 24.8 Å². The first kappa shape index (κ1) is 15.9. The molecule has 0 aliphatic carbocycles. The van der Waals surface area contributed by atoms with Crippen LogP contribution in [0, 0.1) is 5.92 Å². The van der Waals surface area contributed by atoms with Gasteiger partial charge >= 0.3 is 0 Å². The largest absolute Gasteiger partial charge is 0.265 e. The molecule has 1 N–H and O–H groups in total. The molecule has 2 aromatic rings. The van der Waals surface area contributed by atoms with Crippen LogP contribution in [0.2, 0.25) is 5.02 Å². The highest BCUT2D eigenvalue weighted by molar-refractivity contribution is 7.89. The number of rotatable bonds is 5. The molecule has 0 spiro atoms. The fraction of sp³-hybridized carbons (Fsp3) is 0.286. The molecule has 5 nitrogen and oxygen atoms in total. The van der Waals surface area contributed by atoms with E-state index in [-0.39, 0.29) is 21.9 Å². The maximum absolute atomic E-state index is 12.4. The minimum Gasteiger partial charge on any atom is -0.265 e. The third-order valence-electron chi connectivity index (χ3n) is 3.00. The summed E-state index contributed by atoms with van der Waals surface area (Å²) in [6.45, 7) is 3.90. The summed E-state index contributed by atoms with van der Waals surface area (Å²) in [6.07, 6.45) is 5.95. The van der Waals surface area contributed by atoms with Crippen molar-refractivity contribution in [3.05, 3.63) is 53.6 Å². The van der Waals surface area contributed by atoms with Crippen molar-refractivity contribution in [1.29, 1.82) is 0 Å². The average Bonchev–Trinajstić information content (AvgIpc) is 2.45. The summed E-state index contributed by atoms with van der Waals surface area (Å²) in [5, 5.41) is 0.280. The molecule has 2 rings (SSSR count). The first-order chi connectivity index (χ1) is 9.90. The highest BCUT2D eigenvalue weighted by atomic mass is 35.5. The van der Waals surface area contributed by atoms with Crippen molar-refractivity contribution in [2.24, 2.45) is 5.92 Å². The Labute approximate surface area is 129 Å². The van der Waals surface area contributed by atoms with Gasteiger partial charge in [0.25, 0.3) is 0 Å². The zero-order chi connectivity index (χ0) is 15.5. The zero-order valence-electron chi connectivity index (χ0n) is 11.7. The maximum atomic E-state index is 12.4. The summed E-state index contributed by atoms with van der Waals surface area (Å²) in [5.74, 6) is 0.0781. The molecule has 1 unspecified atom stereocenters. The van der Waals surface area contributed by atoms with E-state index < -0.39 is 10.0 Å². The number of nitrogens with one attached hydrogen (secondary N) is 1. The van der Waals surface area contributed by atoms with Gasteiger partial charge < -0.3 is 0 Å². The third-order valence-corrected chi connectivity index (χ3v) is 4.62. The second-order valence-corrected chi connectivity index (χ2v) is 7.11. The normalized spacial score (nSPS) is 13.3. The highest BCUT2D eigenvalue weighted by Gasteiger charge is 2.24. The average molecular weight is 326 g/mol. The first-order valence-corrected chi connectivity index (χ1v) is 8.29. The van der Waals surface area contributed by atoms with Gasteiger partial charge in [0.15, 0.2) is 0 Å². The van der Waals surface area contributed by atoms with E-state index in [0.717, 1.165) is 5.56 Å². The first-order valence-electron chi connectivity index (χ1n) is 6.43. The number of sulfonamides is 1. The Bertz CT molecular complexity index is 705. The monoisotopic (exact) mass is 325 g/mol. The minimum atomic E-state index is -3.69. The van der Waals surface area contributed by atoms with E-state index in [4.69, 9.17) is 11.6 Å². The second-order valence-electron chi connectivity index (χ2n) is 4.96. The van der Waals surface area contributed by atoms with Gasteiger partial charge in [-0.25, -0.2) is 13.1 Å². The molecule has 7 heteroatoms. The lowest BCUT2D eigenvalue weighted by Crippen LogP contribution is -2.31. The quantitative estimate of drug-likeness (QED) is 0.917. The topological polar surface area (TPSA) is 72.0 Å². The Hall–Kier alpha value is -1.50. The van der Waals surface area contributed by atoms with Crippen LogP contribution >= 0.6 is 11.6 Å². The van der Waals surface area contributed by atoms with Crippen LogP contribution in [0.1, 0.15) is 25.5 Å². The smallest absolute Gasteiger partial charge is 0.242 e. The van der Waals surface area contributed by atoms with Crippen molar-refractivity contribution in [1.82, 2.24) is 14.7 Å². The summed E-state index contributed by atoms with van der Waals surface area (Å²) in [4.78, 5) is 7.81. The SMILES string of the molecule is CC(C)C(NS(=O)(=O)c1cncc(Cl)c1)c1ccncc1. The van der Waals surface area contributed by atoms with E-state index >= 15 is 0 Å². The van der Waals surface area contributed by atoms with E-state index in [0.29, 0.717) is 0 Å². The van der Waals surface area contributed by atoms with Crippen LogP contribution < -0.4 is 4.72 Å². The standard InChI is InChI=1S/C14H16ClN3O2S/c1-10(2)14(11-3-5-16-6-4-11)18-21(19,20)13-7-12(15)8-17-9-13/h3-10,14,18H,1-2H3. The van der Waals surface area contributed by atoms with Gasteiger partial charge in [0.2, 0.25) is 10.0 Å². The van der Waals surface area contributed by atoms with Gasteiger partial charge in [0.05, 0.1) is 5.02 Å². The Morgan fingerprint density at radius 1 is 1.14 bits per heavy atom. The molecule has 0 saturated carbocycles. The Morgan fingerprint density at radius 2 is 1.81 bits per heavy atom. The van der Waals surface area contributed by atoms with Gasteiger partial charge in [-0.05, 0) is 29.7 Å². The number of nitrogens with zero attached hydrogens (tertiary/aromatic N) is 2. The summed E-state index contributed by atoms with van der Waals surface area (Å²) >= 11 is 5.80. The van der Waals surface area contributed by atoms with E-state index in [1.807, 2.05) is 13.8 Å². The van der Waals surface area contributed by atoms with Gasteiger partial charge in [-0.1, -0.05) is 25.4 Å². The number of halogens is 1. The molecule has 1 atom stereocenters. The Kier molecular flexibility index (Phi) is 4.92. The van der Waals surface area contributed by atoms with Gasteiger partial charge in [-0.15, -0.1) is 0 Å². The van der Waals surface area contributed by atoms with Crippen molar-refractivity contribution >= 4 is 21.6 Å². The third kappa shape index (κ3) is 4.00. The number of hydrogen-bond acceptors (Lipinski definition) is 4. The van der Waals surface area contributed by atoms with E-state index in [9.17, 15) is 8.42 Å². The molecule has 0 aliphatic rings. The van der Waals surface area contributed by atoms with Gasteiger partial charge in [0.1, 0.15) is 4.90 Å². The predicted molar refractivity (Wildman–Crippen MR) is 81.4 cm³/mol. The summed E-state index contributed by atoms with van der Waals surface area (Å²) in [6, 6.07) is 4.62. The fourth-order valence-corrected chi connectivity index (χ4v) is 3.53. The van der Waals surface area contributed by atoms with Gasteiger partial charge in [-0.3, -0.25) is 9.97 Å². The lowest BCUT2D eigenvalue weighted by Gasteiger charge is -2.22. The van der Waals surface area contributed by atoms with E-state index in [2.05, 4.69) is 14.7 Å². The molecule has 21 heavy (non-hydrogen) atoms. The zero-order valence-corrected chi connectivity index (χ0v) is 13.3. The van der Waals surface area contributed by atoms with Crippen LogP contribution in [0.15, 0.2) is 47.9 Å². The van der Waals surface area contributed by atoms with Crippen LogP contribution in [-0.2, 0) is 10.0 Å². The van der Waals surface area contributed by atoms with E-state index in [1.54, 1.807) is 24.5 Å². The molecule has 0 saturated heterocycles. The summed E-state index contributed by atoms with van der Waals surface area (Å²) in [7, 11) is -3.69. The number of aromatic nitrogens is 2. The maximum Gasteiger partial charge on any atom is 0.242 e. The van der Waals surface area contributed by atoms with Gasteiger partial charge in [0, 0.05) is 30.8 Å². The molecular weight excluding hydrogens is 310 g/mol. The molecule has 0 amide bonds. The molecule has 0 bridgehead atoms. The van der Waals surface area contributed by atoms with Crippen molar-refractivity contribution in [2.75, 3.05) is 0 Å². The van der Waals surface area contributed by atoms with E-state index in [1.165, 1.54) is 18.5 Å². The molecule has 0 radical (unpaired) electrons.